The van der Waals surface area contributed by atoms with Crippen LogP contribution < -0.4 is 5.73 Å². The minimum absolute atomic E-state index is 0.0804. The van der Waals surface area contributed by atoms with E-state index in [1.165, 1.54) is 0 Å². The number of aromatic nitrogens is 2. The lowest BCUT2D eigenvalue weighted by Gasteiger charge is -2.06. The van der Waals surface area contributed by atoms with Gasteiger partial charge in [-0.15, -0.1) is 0 Å². The van der Waals surface area contributed by atoms with Gasteiger partial charge in [-0.1, -0.05) is 13.8 Å². The van der Waals surface area contributed by atoms with Crippen LogP contribution in [0.3, 0.4) is 0 Å². The number of nitrogens with two attached hydrogens (primary N) is 1. The first-order chi connectivity index (χ1) is 6.57. The van der Waals surface area contributed by atoms with Crippen LogP contribution in [0.5, 0.6) is 0 Å². The largest absolute Gasteiger partial charge is 0.325 e. The Hall–Kier alpha value is -0.830. The quantitative estimate of drug-likeness (QED) is 0.789. The van der Waals surface area contributed by atoms with E-state index in [9.17, 15) is 0 Å². The van der Waals surface area contributed by atoms with E-state index in [4.69, 9.17) is 5.73 Å². The smallest absolute Gasteiger partial charge is 0.0642 e. The summed E-state index contributed by atoms with van der Waals surface area (Å²) in [6.07, 6.45) is 5.31. The highest BCUT2D eigenvalue weighted by Gasteiger charge is 2.38. The summed E-state index contributed by atoms with van der Waals surface area (Å²) in [6.45, 7) is 5.40. The lowest BCUT2D eigenvalue weighted by Crippen LogP contribution is -2.24. The Balaban J connectivity index is 1.95. The topological polar surface area (TPSA) is 43.8 Å². The molecule has 1 fully saturated rings. The van der Waals surface area contributed by atoms with Crippen LogP contribution in [0.15, 0.2) is 12.3 Å². The van der Waals surface area contributed by atoms with Gasteiger partial charge in [0.25, 0.3) is 0 Å². The molecule has 2 rings (SSSR count). The van der Waals surface area contributed by atoms with Crippen molar-refractivity contribution in [3.05, 3.63) is 18.0 Å². The molecule has 3 nitrogen and oxygen atoms in total. The van der Waals surface area contributed by atoms with E-state index in [0.717, 1.165) is 31.5 Å². The van der Waals surface area contributed by atoms with E-state index in [1.807, 2.05) is 4.68 Å². The Kier molecular flexibility index (Phi) is 2.35. The molecule has 0 radical (unpaired) electrons. The number of nitrogens with zero attached hydrogens (tertiary/aromatic N) is 2. The molecule has 0 aromatic carbocycles. The molecule has 1 aromatic heterocycles. The van der Waals surface area contributed by atoms with Crippen LogP contribution in [0.2, 0.25) is 0 Å². The highest BCUT2D eigenvalue weighted by Crippen LogP contribution is 2.35. The lowest BCUT2D eigenvalue weighted by molar-refractivity contribution is 0.477. The molecule has 1 aliphatic carbocycles. The van der Waals surface area contributed by atoms with Crippen LogP contribution in [0.25, 0.3) is 0 Å². The molecule has 0 saturated heterocycles. The fourth-order valence-electron chi connectivity index (χ4n) is 1.67. The Morgan fingerprint density at radius 2 is 2.29 bits per heavy atom. The first-order valence-electron chi connectivity index (χ1n) is 5.39. The van der Waals surface area contributed by atoms with Crippen molar-refractivity contribution < 1.29 is 0 Å². The van der Waals surface area contributed by atoms with Crippen LogP contribution in [-0.4, -0.2) is 15.3 Å². The molecule has 1 aliphatic rings. The number of rotatable bonds is 4. The molecule has 78 valence electrons. The zero-order valence-electron chi connectivity index (χ0n) is 9.03. The maximum absolute atomic E-state index is 6.04. The maximum Gasteiger partial charge on any atom is 0.0642 e. The van der Waals surface area contributed by atoms with Crippen molar-refractivity contribution in [2.75, 3.05) is 0 Å². The van der Waals surface area contributed by atoms with E-state index in [1.54, 1.807) is 0 Å². The second-order valence-electron chi connectivity index (χ2n) is 4.96. The highest BCUT2D eigenvalue weighted by atomic mass is 15.3. The fraction of sp³-hybridized carbons (Fsp3) is 0.727. The third kappa shape index (κ3) is 2.35. The molecular weight excluding hydrogens is 174 g/mol. The molecule has 0 unspecified atom stereocenters. The molecule has 14 heavy (non-hydrogen) atoms. The molecule has 1 aromatic rings. The van der Waals surface area contributed by atoms with Gasteiger partial charge in [-0.05, 0) is 24.8 Å². The van der Waals surface area contributed by atoms with E-state index in [2.05, 4.69) is 31.2 Å². The molecule has 3 heteroatoms. The van der Waals surface area contributed by atoms with Crippen molar-refractivity contribution >= 4 is 0 Å². The molecule has 2 N–H and O–H groups in total. The maximum atomic E-state index is 6.04. The molecule has 0 atom stereocenters. The third-order valence-electron chi connectivity index (χ3n) is 2.67. The van der Waals surface area contributed by atoms with Gasteiger partial charge in [-0.2, -0.15) is 5.10 Å². The Labute approximate surface area is 85.3 Å². The van der Waals surface area contributed by atoms with Gasteiger partial charge in [0.2, 0.25) is 0 Å². The van der Waals surface area contributed by atoms with Crippen molar-refractivity contribution in [2.45, 2.75) is 45.2 Å². The number of hydrogen-bond acceptors (Lipinski definition) is 2. The van der Waals surface area contributed by atoms with Gasteiger partial charge in [0.1, 0.15) is 0 Å². The molecule has 1 saturated carbocycles. The predicted molar refractivity (Wildman–Crippen MR) is 56.9 cm³/mol. The van der Waals surface area contributed by atoms with Gasteiger partial charge >= 0.3 is 0 Å². The molecule has 1 heterocycles. The van der Waals surface area contributed by atoms with Crippen LogP contribution in [0, 0.1) is 5.92 Å². The molecular formula is C11H19N3. The minimum Gasteiger partial charge on any atom is -0.325 e. The zero-order valence-corrected chi connectivity index (χ0v) is 9.03. The second kappa shape index (κ2) is 3.39. The molecule has 0 spiro atoms. The predicted octanol–water partition coefficient (Wildman–Crippen LogP) is 1.57. The average Bonchev–Trinajstić information content (AvgIpc) is 2.61. The number of hydrogen-bond donors (Lipinski definition) is 1. The van der Waals surface area contributed by atoms with Gasteiger partial charge in [0, 0.05) is 24.7 Å². The van der Waals surface area contributed by atoms with Gasteiger partial charge in [-0.25, -0.2) is 0 Å². The van der Waals surface area contributed by atoms with Crippen molar-refractivity contribution in [3.63, 3.8) is 0 Å². The minimum atomic E-state index is 0.0804. The van der Waals surface area contributed by atoms with E-state index in [0.29, 0.717) is 5.92 Å². The first kappa shape index (κ1) is 9.71. The summed E-state index contributed by atoms with van der Waals surface area (Å²) in [7, 11) is 0. The van der Waals surface area contributed by atoms with Crippen LogP contribution in [-0.2, 0) is 13.0 Å². The molecule has 0 amide bonds. The zero-order chi connectivity index (χ0) is 10.2. The van der Waals surface area contributed by atoms with Crippen LogP contribution in [0.1, 0.15) is 32.4 Å². The van der Waals surface area contributed by atoms with Crippen molar-refractivity contribution in [3.8, 4) is 0 Å². The average molecular weight is 193 g/mol. The van der Waals surface area contributed by atoms with Gasteiger partial charge < -0.3 is 5.73 Å². The SMILES string of the molecule is CC(C)Cn1ccc(CC2(N)CC2)n1. The summed E-state index contributed by atoms with van der Waals surface area (Å²) in [5, 5.41) is 4.51. The lowest BCUT2D eigenvalue weighted by atomic mass is 10.1. The van der Waals surface area contributed by atoms with Crippen molar-refractivity contribution in [1.29, 1.82) is 0 Å². The monoisotopic (exact) mass is 193 g/mol. The normalized spacial score (nSPS) is 18.9. The first-order valence-corrected chi connectivity index (χ1v) is 5.39. The summed E-state index contributed by atoms with van der Waals surface area (Å²) in [5.74, 6) is 0.649. The summed E-state index contributed by atoms with van der Waals surface area (Å²) < 4.78 is 2.02. The second-order valence-corrected chi connectivity index (χ2v) is 4.96. The van der Waals surface area contributed by atoms with Crippen molar-refractivity contribution in [2.24, 2.45) is 11.7 Å². The van der Waals surface area contributed by atoms with Crippen LogP contribution >= 0.6 is 0 Å². The standard InChI is InChI=1S/C11H19N3/c1-9(2)8-14-6-3-10(13-14)7-11(12)4-5-11/h3,6,9H,4-5,7-8,12H2,1-2H3. The molecule has 0 aliphatic heterocycles. The Bertz CT molecular complexity index is 310. The Morgan fingerprint density at radius 3 is 2.86 bits per heavy atom. The van der Waals surface area contributed by atoms with Gasteiger partial charge in [0.05, 0.1) is 5.69 Å². The van der Waals surface area contributed by atoms with E-state index < -0.39 is 0 Å². The van der Waals surface area contributed by atoms with Gasteiger partial charge in [-0.3, -0.25) is 4.68 Å². The third-order valence-corrected chi connectivity index (χ3v) is 2.67. The summed E-state index contributed by atoms with van der Waals surface area (Å²) in [6, 6.07) is 2.09. The van der Waals surface area contributed by atoms with E-state index >= 15 is 0 Å². The van der Waals surface area contributed by atoms with Crippen LogP contribution in [0.4, 0.5) is 0 Å². The molecule has 0 bridgehead atoms. The van der Waals surface area contributed by atoms with E-state index in [-0.39, 0.29) is 5.54 Å². The fourth-order valence-corrected chi connectivity index (χ4v) is 1.67. The summed E-state index contributed by atoms with van der Waals surface area (Å²) in [4.78, 5) is 0. The highest BCUT2D eigenvalue weighted by molar-refractivity contribution is 5.11. The Morgan fingerprint density at radius 1 is 1.57 bits per heavy atom. The summed E-state index contributed by atoms with van der Waals surface area (Å²) >= 11 is 0. The summed E-state index contributed by atoms with van der Waals surface area (Å²) in [5.41, 5.74) is 7.26. The van der Waals surface area contributed by atoms with Gasteiger partial charge in [0.15, 0.2) is 0 Å². The van der Waals surface area contributed by atoms with Crippen molar-refractivity contribution in [1.82, 2.24) is 9.78 Å².